The van der Waals surface area contributed by atoms with Gasteiger partial charge in [0, 0.05) is 17.8 Å². The van der Waals surface area contributed by atoms with Crippen molar-refractivity contribution >= 4 is 10.9 Å². The van der Waals surface area contributed by atoms with Crippen molar-refractivity contribution < 1.29 is 17.9 Å². The molecule has 2 rings (SSSR count). The average Bonchev–Trinajstić information content (AvgIpc) is 2.60. The molecule has 0 fully saturated rings. The van der Waals surface area contributed by atoms with E-state index in [0.717, 1.165) is 10.9 Å². The van der Waals surface area contributed by atoms with E-state index in [4.69, 9.17) is 0 Å². The summed E-state index contributed by atoms with van der Waals surface area (Å²) in [5, 5.41) is 0.939. The normalized spacial score (nSPS) is 11.9. The van der Waals surface area contributed by atoms with Crippen LogP contribution in [0.3, 0.4) is 0 Å². The lowest BCUT2D eigenvalue weighted by Crippen LogP contribution is -2.19. The van der Waals surface area contributed by atoms with Gasteiger partial charge in [0.25, 0.3) is 0 Å². The van der Waals surface area contributed by atoms with Gasteiger partial charge in [-0.1, -0.05) is 0 Å². The van der Waals surface area contributed by atoms with E-state index >= 15 is 0 Å². The van der Waals surface area contributed by atoms with Crippen LogP contribution in [0.15, 0.2) is 30.5 Å². The maximum Gasteiger partial charge on any atom is 0.422 e. The quantitative estimate of drug-likeness (QED) is 0.817. The van der Waals surface area contributed by atoms with Crippen LogP contribution in [-0.4, -0.2) is 17.8 Å². The number of rotatable bonds is 2. The molecule has 1 aromatic carbocycles. The molecule has 1 heterocycles. The molecule has 80 valence electrons. The van der Waals surface area contributed by atoms with Crippen LogP contribution in [0.4, 0.5) is 13.2 Å². The van der Waals surface area contributed by atoms with Crippen LogP contribution in [0, 0.1) is 0 Å². The Morgan fingerprint density at radius 1 is 1.20 bits per heavy atom. The Hall–Kier alpha value is -1.65. The Labute approximate surface area is 83.7 Å². The Morgan fingerprint density at radius 2 is 2.00 bits per heavy atom. The zero-order valence-electron chi connectivity index (χ0n) is 7.64. The smallest absolute Gasteiger partial charge is 0.422 e. The zero-order chi connectivity index (χ0) is 10.9. The van der Waals surface area contributed by atoms with Crippen LogP contribution < -0.4 is 4.74 Å². The SMILES string of the molecule is FC(F)(F)COc1ccc2cc[nH]c2c1. The molecule has 1 aromatic heterocycles. The van der Waals surface area contributed by atoms with Gasteiger partial charge in [-0.2, -0.15) is 13.2 Å². The highest BCUT2D eigenvalue weighted by Crippen LogP contribution is 2.22. The summed E-state index contributed by atoms with van der Waals surface area (Å²) < 4.78 is 40.2. The van der Waals surface area contributed by atoms with Gasteiger partial charge in [-0.3, -0.25) is 0 Å². The highest BCUT2D eigenvalue weighted by molar-refractivity contribution is 5.80. The number of fused-ring (bicyclic) bond motifs is 1. The molecule has 0 unspecified atom stereocenters. The van der Waals surface area contributed by atoms with E-state index in [9.17, 15) is 13.2 Å². The van der Waals surface area contributed by atoms with Crippen molar-refractivity contribution in [3.8, 4) is 5.75 Å². The van der Waals surface area contributed by atoms with Gasteiger partial charge in [0.05, 0.1) is 0 Å². The molecule has 0 amide bonds. The first kappa shape index (κ1) is 9.89. The lowest BCUT2D eigenvalue weighted by Gasteiger charge is -2.08. The van der Waals surface area contributed by atoms with E-state index in [1.807, 2.05) is 6.07 Å². The largest absolute Gasteiger partial charge is 0.484 e. The van der Waals surface area contributed by atoms with Crippen molar-refractivity contribution in [2.24, 2.45) is 0 Å². The summed E-state index contributed by atoms with van der Waals surface area (Å²) in [4.78, 5) is 2.90. The van der Waals surface area contributed by atoms with Crippen LogP contribution in [-0.2, 0) is 0 Å². The summed E-state index contributed by atoms with van der Waals surface area (Å²) >= 11 is 0. The third-order valence-corrected chi connectivity index (χ3v) is 1.93. The third kappa shape index (κ3) is 2.43. The van der Waals surface area contributed by atoms with Crippen molar-refractivity contribution in [2.45, 2.75) is 6.18 Å². The van der Waals surface area contributed by atoms with Crippen molar-refractivity contribution in [1.82, 2.24) is 4.98 Å². The molecule has 0 bridgehead atoms. The molecule has 0 aliphatic carbocycles. The Balaban J connectivity index is 2.15. The highest BCUT2D eigenvalue weighted by atomic mass is 19.4. The second-order valence-corrected chi connectivity index (χ2v) is 3.13. The van der Waals surface area contributed by atoms with Gasteiger partial charge >= 0.3 is 6.18 Å². The Kier molecular flexibility index (Phi) is 2.30. The number of aromatic nitrogens is 1. The van der Waals surface area contributed by atoms with Crippen molar-refractivity contribution in [2.75, 3.05) is 6.61 Å². The van der Waals surface area contributed by atoms with E-state index in [2.05, 4.69) is 9.72 Å². The first-order chi connectivity index (χ1) is 7.04. The van der Waals surface area contributed by atoms with Crippen molar-refractivity contribution in [3.05, 3.63) is 30.5 Å². The summed E-state index contributed by atoms with van der Waals surface area (Å²) in [7, 11) is 0. The number of benzene rings is 1. The number of alkyl halides is 3. The predicted molar refractivity (Wildman–Crippen MR) is 49.8 cm³/mol. The lowest BCUT2D eigenvalue weighted by atomic mass is 10.2. The molecule has 2 nitrogen and oxygen atoms in total. The molecule has 1 N–H and O–H groups in total. The summed E-state index contributed by atoms with van der Waals surface area (Å²) in [6.07, 6.45) is -2.58. The van der Waals surface area contributed by atoms with E-state index in [1.165, 1.54) is 6.07 Å². The third-order valence-electron chi connectivity index (χ3n) is 1.93. The van der Waals surface area contributed by atoms with Gasteiger partial charge in [0.2, 0.25) is 0 Å². The monoisotopic (exact) mass is 215 g/mol. The average molecular weight is 215 g/mol. The minimum absolute atomic E-state index is 0.210. The Bertz CT molecular complexity index is 461. The van der Waals surface area contributed by atoms with Gasteiger partial charge in [-0.05, 0) is 23.6 Å². The molecule has 0 radical (unpaired) electrons. The van der Waals surface area contributed by atoms with Gasteiger partial charge < -0.3 is 9.72 Å². The molecule has 0 aliphatic heterocycles. The maximum atomic E-state index is 11.9. The van der Waals surface area contributed by atoms with Gasteiger partial charge in [-0.15, -0.1) is 0 Å². The summed E-state index contributed by atoms with van der Waals surface area (Å²) in [6, 6.07) is 6.60. The minimum atomic E-state index is -4.30. The maximum absolute atomic E-state index is 11.9. The van der Waals surface area contributed by atoms with Crippen LogP contribution in [0.2, 0.25) is 0 Å². The first-order valence-corrected chi connectivity index (χ1v) is 4.31. The number of halogens is 3. The fraction of sp³-hybridized carbons (Fsp3) is 0.200. The summed E-state index contributed by atoms with van der Waals surface area (Å²) in [5.74, 6) is 0.210. The van der Waals surface area contributed by atoms with Gasteiger partial charge in [0.15, 0.2) is 6.61 Å². The molecule has 15 heavy (non-hydrogen) atoms. The zero-order valence-corrected chi connectivity index (χ0v) is 7.64. The summed E-state index contributed by atoms with van der Waals surface area (Å²) in [6.45, 7) is -1.26. The van der Waals surface area contributed by atoms with E-state index in [1.54, 1.807) is 18.3 Å². The predicted octanol–water partition coefficient (Wildman–Crippen LogP) is 3.11. The molecule has 0 saturated carbocycles. The second kappa shape index (κ2) is 3.49. The number of nitrogens with one attached hydrogen (secondary N) is 1. The molecule has 0 aliphatic rings. The van der Waals surface area contributed by atoms with Crippen LogP contribution in [0.1, 0.15) is 0 Å². The lowest BCUT2D eigenvalue weighted by molar-refractivity contribution is -0.153. The number of hydrogen-bond acceptors (Lipinski definition) is 1. The van der Waals surface area contributed by atoms with Gasteiger partial charge in [-0.25, -0.2) is 0 Å². The fourth-order valence-electron chi connectivity index (χ4n) is 1.28. The standard InChI is InChI=1S/C10H8F3NO/c11-10(12,13)6-15-8-2-1-7-3-4-14-9(7)5-8/h1-5,14H,6H2. The van der Waals surface area contributed by atoms with Gasteiger partial charge in [0.1, 0.15) is 5.75 Å². The topological polar surface area (TPSA) is 25.0 Å². The molecule has 0 spiro atoms. The van der Waals surface area contributed by atoms with E-state index in [-0.39, 0.29) is 5.75 Å². The number of ether oxygens (including phenoxy) is 1. The number of hydrogen-bond donors (Lipinski definition) is 1. The van der Waals surface area contributed by atoms with Crippen LogP contribution in [0.5, 0.6) is 5.75 Å². The molecule has 5 heteroatoms. The second-order valence-electron chi connectivity index (χ2n) is 3.13. The van der Waals surface area contributed by atoms with Crippen molar-refractivity contribution in [3.63, 3.8) is 0 Å². The molecular formula is C10H8F3NO. The highest BCUT2D eigenvalue weighted by Gasteiger charge is 2.28. The number of aromatic amines is 1. The fourth-order valence-corrected chi connectivity index (χ4v) is 1.28. The van der Waals surface area contributed by atoms with Crippen molar-refractivity contribution in [1.29, 1.82) is 0 Å². The van der Waals surface area contributed by atoms with Crippen LogP contribution >= 0.6 is 0 Å². The number of H-pyrrole nitrogens is 1. The van der Waals surface area contributed by atoms with E-state index < -0.39 is 12.8 Å². The molecule has 0 saturated heterocycles. The molecule has 0 atom stereocenters. The van der Waals surface area contributed by atoms with Crippen LogP contribution in [0.25, 0.3) is 10.9 Å². The summed E-state index contributed by atoms with van der Waals surface area (Å²) in [5.41, 5.74) is 0.759. The molecule has 2 aromatic rings. The molecular weight excluding hydrogens is 207 g/mol. The first-order valence-electron chi connectivity index (χ1n) is 4.31. The Morgan fingerprint density at radius 3 is 2.73 bits per heavy atom. The minimum Gasteiger partial charge on any atom is -0.484 e. The van der Waals surface area contributed by atoms with E-state index in [0.29, 0.717) is 0 Å².